The number of ether oxygens (including phenoxy) is 1. The third-order valence-electron chi connectivity index (χ3n) is 5.11. The van der Waals surface area contributed by atoms with Crippen molar-refractivity contribution in [2.45, 2.75) is 63.1 Å². The van der Waals surface area contributed by atoms with Gasteiger partial charge in [-0.25, -0.2) is 0 Å². The zero-order valence-electron chi connectivity index (χ0n) is 13.3. The molecule has 1 saturated carbocycles. The Morgan fingerprint density at radius 2 is 1.77 bits per heavy atom. The Labute approximate surface area is 132 Å². The van der Waals surface area contributed by atoms with Crippen molar-refractivity contribution in [3.8, 4) is 5.75 Å². The van der Waals surface area contributed by atoms with Crippen LogP contribution in [0.5, 0.6) is 5.75 Å². The fraction of sp³-hybridized carbons (Fsp3) is 0.611. The lowest BCUT2D eigenvalue weighted by atomic mass is 9.85. The van der Waals surface area contributed by atoms with Gasteiger partial charge in [-0.2, -0.15) is 0 Å². The van der Waals surface area contributed by atoms with Gasteiger partial charge in [0, 0.05) is 18.5 Å². The van der Waals surface area contributed by atoms with Gasteiger partial charge in [-0.15, -0.1) is 0 Å². The van der Waals surface area contributed by atoms with Crippen molar-refractivity contribution < 1.29 is 9.53 Å². The molecule has 2 N–H and O–H groups in total. The average Bonchev–Trinajstić information content (AvgIpc) is 2.57. The van der Waals surface area contributed by atoms with Gasteiger partial charge in [0.2, 0.25) is 5.91 Å². The molecule has 3 rings (SSSR count). The molecule has 1 aromatic rings. The normalized spacial score (nSPS) is 27.0. The van der Waals surface area contributed by atoms with Crippen molar-refractivity contribution in [1.29, 1.82) is 0 Å². The highest BCUT2D eigenvalue weighted by molar-refractivity contribution is 5.78. The molecule has 1 aliphatic heterocycles. The SMILES string of the molecule is COc1ccc(C2C(N)CCC(=O)N2C2CCCCC2)cc1. The van der Waals surface area contributed by atoms with Gasteiger partial charge in [0.15, 0.2) is 0 Å². The molecule has 120 valence electrons. The summed E-state index contributed by atoms with van der Waals surface area (Å²) in [6, 6.07) is 8.42. The molecule has 4 nitrogen and oxygen atoms in total. The van der Waals surface area contributed by atoms with Crippen molar-refractivity contribution in [2.75, 3.05) is 7.11 Å². The van der Waals surface area contributed by atoms with Crippen LogP contribution in [-0.4, -0.2) is 30.0 Å². The summed E-state index contributed by atoms with van der Waals surface area (Å²) in [5.41, 5.74) is 7.55. The van der Waals surface area contributed by atoms with Crippen LogP contribution < -0.4 is 10.5 Å². The molecule has 1 amide bonds. The van der Waals surface area contributed by atoms with Crippen molar-refractivity contribution in [2.24, 2.45) is 5.73 Å². The van der Waals surface area contributed by atoms with Gasteiger partial charge in [0.1, 0.15) is 5.75 Å². The van der Waals surface area contributed by atoms with E-state index in [1.54, 1.807) is 7.11 Å². The number of benzene rings is 1. The van der Waals surface area contributed by atoms with E-state index in [0.717, 1.165) is 30.6 Å². The molecule has 1 heterocycles. The average molecular weight is 302 g/mol. The predicted molar refractivity (Wildman–Crippen MR) is 86.7 cm³/mol. The fourth-order valence-corrected chi connectivity index (χ4v) is 3.94. The molecule has 0 aromatic heterocycles. The summed E-state index contributed by atoms with van der Waals surface area (Å²) >= 11 is 0. The molecule has 1 aromatic carbocycles. The zero-order valence-corrected chi connectivity index (χ0v) is 13.3. The maximum Gasteiger partial charge on any atom is 0.223 e. The Bertz CT molecular complexity index is 508. The number of methoxy groups -OCH3 is 1. The van der Waals surface area contributed by atoms with Crippen molar-refractivity contribution in [1.82, 2.24) is 4.90 Å². The van der Waals surface area contributed by atoms with Crippen LogP contribution in [0.15, 0.2) is 24.3 Å². The lowest BCUT2D eigenvalue weighted by Crippen LogP contribution is -2.53. The maximum atomic E-state index is 12.6. The Morgan fingerprint density at radius 1 is 1.09 bits per heavy atom. The molecule has 2 fully saturated rings. The van der Waals surface area contributed by atoms with E-state index in [-0.39, 0.29) is 18.0 Å². The smallest absolute Gasteiger partial charge is 0.223 e. The standard InChI is InChI=1S/C18H26N2O2/c1-22-15-9-7-13(8-10-15)18-16(19)11-12-17(21)20(18)14-5-3-2-4-6-14/h7-10,14,16,18H,2-6,11-12,19H2,1H3. The second-order valence-electron chi connectivity index (χ2n) is 6.51. The number of amides is 1. The van der Waals surface area contributed by atoms with Crippen LogP contribution >= 0.6 is 0 Å². The van der Waals surface area contributed by atoms with E-state index in [1.165, 1.54) is 19.3 Å². The largest absolute Gasteiger partial charge is 0.497 e. The molecule has 0 radical (unpaired) electrons. The lowest BCUT2D eigenvalue weighted by molar-refractivity contribution is -0.141. The zero-order chi connectivity index (χ0) is 15.5. The van der Waals surface area contributed by atoms with Crippen LogP contribution in [0, 0.1) is 0 Å². The van der Waals surface area contributed by atoms with Crippen LogP contribution in [-0.2, 0) is 4.79 Å². The van der Waals surface area contributed by atoms with Gasteiger partial charge < -0.3 is 15.4 Å². The molecule has 2 aliphatic rings. The molecule has 2 unspecified atom stereocenters. The fourth-order valence-electron chi connectivity index (χ4n) is 3.94. The molecule has 2 atom stereocenters. The Kier molecular flexibility index (Phi) is 4.67. The minimum atomic E-state index is 0.00950. The number of hydrogen-bond donors (Lipinski definition) is 1. The highest BCUT2D eigenvalue weighted by Gasteiger charge is 2.39. The Balaban J connectivity index is 1.89. The predicted octanol–water partition coefficient (Wildman–Crippen LogP) is 3.02. The van der Waals surface area contributed by atoms with Gasteiger partial charge in [-0.05, 0) is 37.0 Å². The molecule has 0 spiro atoms. The summed E-state index contributed by atoms with van der Waals surface area (Å²) in [5, 5.41) is 0. The third-order valence-corrected chi connectivity index (χ3v) is 5.11. The van der Waals surface area contributed by atoms with Gasteiger partial charge >= 0.3 is 0 Å². The van der Waals surface area contributed by atoms with E-state index in [9.17, 15) is 4.79 Å². The van der Waals surface area contributed by atoms with Crippen molar-refractivity contribution >= 4 is 5.91 Å². The quantitative estimate of drug-likeness (QED) is 0.933. The first-order chi connectivity index (χ1) is 10.7. The Morgan fingerprint density at radius 3 is 2.41 bits per heavy atom. The minimum absolute atomic E-state index is 0.00950. The summed E-state index contributed by atoms with van der Waals surface area (Å²) in [5.74, 6) is 1.11. The first kappa shape index (κ1) is 15.3. The number of carbonyl (C=O) groups is 1. The van der Waals surface area contributed by atoms with Gasteiger partial charge in [0.25, 0.3) is 0 Å². The molecule has 1 saturated heterocycles. The van der Waals surface area contributed by atoms with E-state index < -0.39 is 0 Å². The summed E-state index contributed by atoms with van der Waals surface area (Å²) in [7, 11) is 1.67. The minimum Gasteiger partial charge on any atom is -0.497 e. The number of rotatable bonds is 3. The van der Waals surface area contributed by atoms with E-state index >= 15 is 0 Å². The molecular weight excluding hydrogens is 276 g/mol. The van der Waals surface area contributed by atoms with Crippen LogP contribution in [0.4, 0.5) is 0 Å². The lowest BCUT2D eigenvalue weighted by Gasteiger charge is -2.45. The number of nitrogens with two attached hydrogens (primary N) is 1. The molecule has 0 bridgehead atoms. The highest BCUT2D eigenvalue weighted by atomic mass is 16.5. The van der Waals surface area contributed by atoms with Crippen molar-refractivity contribution in [3.05, 3.63) is 29.8 Å². The van der Waals surface area contributed by atoms with Crippen LogP contribution in [0.1, 0.15) is 56.6 Å². The third kappa shape index (κ3) is 2.98. The number of likely N-dealkylation sites (tertiary alicyclic amines) is 1. The number of hydrogen-bond acceptors (Lipinski definition) is 3. The summed E-state index contributed by atoms with van der Waals surface area (Å²) in [6.07, 6.45) is 7.33. The van der Waals surface area contributed by atoms with Gasteiger partial charge in [0.05, 0.1) is 13.2 Å². The molecule has 22 heavy (non-hydrogen) atoms. The first-order valence-electron chi connectivity index (χ1n) is 8.41. The van der Waals surface area contributed by atoms with Crippen LogP contribution in [0.2, 0.25) is 0 Å². The molecule has 1 aliphatic carbocycles. The van der Waals surface area contributed by atoms with E-state index in [2.05, 4.69) is 17.0 Å². The van der Waals surface area contributed by atoms with E-state index in [1.807, 2.05) is 12.1 Å². The van der Waals surface area contributed by atoms with Crippen LogP contribution in [0.3, 0.4) is 0 Å². The van der Waals surface area contributed by atoms with E-state index in [0.29, 0.717) is 12.5 Å². The Hall–Kier alpha value is -1.55. The highest BCUT2D eigenvalue weighted by Crippen LogP contribution is 2.37. The van der Waals surface area contributed by atoms with Crippen molar-refractivity contribution in [3.63, 3.8) is 0 Å². The van der Waals surface area contributed by atoms with Gasteiger partial charge in [-0.3, -0.25) is 4.79 Å². The molecule has 4 heteroatoms. The van der Waals surface area contributed by atoms with Gasteiger partial charge in [-0.1, -0.05) is 31.4 Å². The second-order valence-corrected chi connectivity index (χ2v) is 6.51. The maximum absolute atomic E-state index is 12.6. The molecular formula is C18H26N2O2. The number of nitrogens with zero attached hydrogens (tertiary/aromatic N) is 1. The van der Waals surface area contributed by atoms with Crippen LogP contribution in [0.25, 0.3) is 0 Å². The summed E-state index contributed by atoms with van der Waals surface area (Å²) in [6.45, 7) is 0. The first-order valence-corrected chi connectivity index (χ1v) is 8.41. The summed E-state index contributed by atoms with van der Waals surface area (Å²) < 4.78 is 5.24. The van der Waals surface area contributed by atoms with E-state index in [4.69, 9.17) is 10.5 Å². The number of carbonyl (C=O) groups excluding carboxylic acids is 1. The monoisotopic (exact) mass is 302 g/mol. The number of piperidine rings is 1. The summed E-state index contributed by atoms with van der Waals surface area (Å²) in [4.78, 5) is 14.7. The topological polar surface area (TPSA) is 55.6 Å². The second kappa shape index (κ2) is 6.69.